The normalized spacial score (nSPS) is 28.1. The van der Waals surface area contributed by atoms with E-state index in [-0.39, 0.29) is 15.8 Å². The highest BCUT2D eigenvalue weighted by atomic mass is 31.1. The van der Waals surface area contributed by atoms with E-state index in [2.05, 4.69) is 90.1 Å². The maximum Gasteiger partial charge on any atom is 0.0161 e. The third kappa shape index (κ3) is 3.08. The lowest BCUT2D eigenvalue weighted by Crippen LogP contribution is -2.20. The summed E-state index contributed by atoms with van der Waals surface area (Å²) >= 11 is 0. The summed E-state index contributed by atoms with van der Waals surface area (Å²) in [5.74, 6) is 0. The maximum atomic E-state index is 2.48. The van der Waals surface area contributed by atoms with E-state index in [1.165, 1.54) is 12.3 Å². The molecule has 2 heteroatoms. The molecule has 2 aliphatic heterocycles. The third-order valence-electron chi connectivity index (χ3n) is 6.12. The van der Waals surface area contributed by atoms with Crippen LogP contribution in [0, 0.1) is 0 Å². The molecule has 4 rings (SSSR count). The van der Waals surface area contributed by atoms with Crippen molar-refractivity contribution in [2.45, 2.75) is 75.5 Å². The van der Waals surface area contributed by atoms with Gasteiger partial charge in [-0.15, -0.1) is 0 Å². The molecular weight excluding hydrogens is 350 g/mol. The molecule has 0 spiro atoms. The average molecular weight is 382 g/mol. The first-order valence-electron chi connectivity index (χ1n) is 9.87. The molecule has 0 N–H and O–H groups in total. The quantitative estimate of drug-likeness (QED) is 0.438. The highest BCUT2D eigenvalue weighted by molar-refractivity contribution is 7.63. The second-order valence-corrected chi connectivity index (χ2v) is 16.2. The van der Waals surface area contributed by atoms with Crippen LogP contribution >= 0.6 is 15.8 Å². The van der Waals surface area contributed by atoms with Crippen molar-refractivity contribution < 1.29 is 0 Å². The Balaban J connectivity index is 1.89. The Morgan fingerprint density at radius 1 is 0.615 bits per heavy atom. The first-order valence-corrected chi connectivity index (χ1v) is 13.1. The number of benzene rings is 2. The smallest absolute Gasteiger partial charge is 0.0161 e. The summed E-state index contributed by atoms with van der Waals surface area (Å²) in [6.45, 7) is 14.9. The fourth-order valence-corrected chi connectivity index (χ4v) is 12.3. The van der Waals surface area contributed by atoms with Gasteiger partial charge in [-0.2, -0.15) is 0 Å². The lowest BCUT2D eigenvalue weighted by Gasteiger charge is -2.42. The first-order chi connectivity index (χ1) is 12.2. The van der Waals surface area contributed by atoms with E-state index in [9.17, 15) is 0 Å². The predicted octanol–water partition coefficient (Wildman–Crippen LogP) is 8.06. The van der Waals surface area contributed by atoms with Crippen LogP contribution in [0.2, 0.25) is 0 Å². The van der Waals surface area contributed by atoms with Crippen LogP contribution in [0.3, 0.4) is 0 Å². The van der Waals surface area contributed by atoms with Crippen LogP contribution < -0.4 is 0 Å². The molecule has 0 aromatic heterocycles. The largest absolute Gasteiger partial charge is 0.0880 e. The monoisotopic (exact) mass is 382 g/mol. The molecule has 2 unspecified atom stereocenters. The van der Waals surface area contributed by atoms with E-state index in [0.29, 0.717) is 10.3 Å². The van der Waals surface area contributed by atoms with E-state index in [0.717, 1.165) is 11.3 Å². The van der Waals surface area contributed by atoms with Gasteiger partial charge in [0.15, 0.2) is 0 Å². The van der Waals surface area contributed by atoms with E-state index in [4.69, 9.17) is 0 Å². The zero-order valence-electron chi connectivity index (χ0n) is 17.1. The van der Waals surface area contributed by atoms with Gasteiger partial charge >= 0.3 is 0 Å². The zero-order chi connectivity index (χ0) is 18.7. The van der Waals surface area contributed by atoms with Gasteiger partial charge in [0.05, 0.1) is 0 Å². The Hall–Kier alpha value is -0.700. The maximum absolute atomic E-state index is 2.48. The van der Waals surface area contributed by atoms with Crippen molar-refractivity contribution in [3.8, 4) is 0 Å². The van der Waals surface area contributed by atoms with Gasteiger partial charge in [0.25, 0.3) is 0 Å². The predicted molar refractivity (Wildman–Crippen MR) is 119 cm³/mol. The van der Waals surface area contributed by atoms with Crippen LogP contribution in [-0.4, -0.2) is 10.3 Å². The van der Waals surface area contributed by atoms with Gasteiger partial charge in [-0.1, -0.05) is 106 Å². The lowest BCUT2D eigenvalue weighted by atomic mass is 9.98. The van der Waals surface area contributed by atoms with Crippen molar-refractivity contribution in [3.05, 3.63) is 70.8 Å². The number of hydrogen-bond donors (Lipinski definition) is 0. The van der Waals surface area contributed by atoms with Crippen molar-refractivity contribution in [2.75, 3.05) is 0 Å². The Bertz CT molecular complexity index is 740. The minimum atomic E-state index is -0.0695. The van der Waals surface area contributed by atoms with Crippen LogP contribution in [0.15, 0.2) is 48.5 Å². The summed E-state index contributed by atoms with van der Waals surface area (Å²) in [7, 11) is -0.139. The minimum absolute atomic E-state index is 0.0695. The molecule has 26 heavy (non-hydrogen) atoms. The molecule has 138 valence electrons. The van der Waals surface area contributed by atoms with Crippen LogP contribution in [0.25, 0.3) is 0 Å². The van der Waals surface area contributed by atoms with Gasteiger partial charge in [-0.25, -0.2) is 0 Å². The molecule has 0 amide bonds. The van der Waals surface area contributed by atoms with Crippen LogP contribution in [-0.2, 0) is 12.3 Å². The topological polar surface area (TPSA) is 0 Å². The molecule has 0 saturated carbocycles. The van der Waals surface area contributed by atoms with Gasteiger partial charge in [0, 0.05) is 11.3 Å². The fraction of sp³-hybridized carbons (Fsp3) is 0.500. The van der Waals surface area contributed by atoms with Crippen molar-refractivity contribution in [1.29, 1.82) is 0 Å². The highest BCUT2D eigenvalue weighted by Crippen LogP contribution is 2.80. The van der Waals surface area contributed by atoms with Crippen LogP contribution in [0.4, 0.5) is 0 Å². The third-order valence-corrected chi connectivity index (χ3v) is 13.7. The van der Waals surface area contributed by atoms with Gasteiger partial charge in [-0.3, -0.25) is 0 Å². The van der Waals surface area contributed by atoms with Crippen molar-refractivity contribution >= 4 is 15.8 Å². The molecule has 0 bridgehead atoms. The summed E-state index contributed by atoms with van der Waals surface area (Å²) in [4.78, 5) is 0. The van der Waals surface area contributed by atoms with E-state index >= 15 is 0 Å². The van der Waals surface area contributed by atoms with Crippen molar-refractivity contribution in [1.82, 2.24) is 0 Å². The van der Waals surface area contributed by atoms with Gasteiger partial charge in [0.2, 0.25) is 0 Å². The second kappa shape index (κ2) is 6.43. The zero-order valence-corrected chi connectivity index (χ0v) is 18.9. The molecule has 0 saturated heterocycles. The Labute approximate surface area is 162 Å². The SMILES string of the molecule is CC(C)(C)P1Cc2ccccc2[C@H]1[C@@H]1c2ccccc2CP1C(C)(C)C. The Kier molecular flexibility index (Phi) is 4.61. The van der Waals surface area contributed by atoms with E-state index in [1.807, 2.05) is 0 Å². The molecule has 0 aliphatic carbocycles. The summed E-state index contributed by atoms with van der Waals surface area (Å²) in [6.07, 6.45) is 2.62. The van der Waals surface area contributed by atoms with E-state index in [1.54, 1.807) is 22.3 Å². The molecule has 2 aromatic rings. The average Bonchev–Trinajstić information content (AvgIpc) is 3.12. The summed E-state index contributed by atoms with van der Waals surface area (Å²) in [5, 5.41) is 0.797. The first kappa shape index (κ1) is 18.7. The molecule has 0 fully saturated rings. The Morgan fingerprint density at radius 3 is 1.31 bits per heavy atom. The lowest BCUT2D eigenvalue weighted by molar-refractivity contribution is 0.736. The molecule has 0 radical (unpaired) electrons. The highest BCUT2D eigenvalue weighted by Gasteiger charge is 2.50. The minimum Gasteiger partial charge on any atom is -0.0880 e. The molecule has 0 nitrogen and oxygen atoms in total. The summed E-state index contributed by atoms with van der Waals surface area (Å²) in [5.41, 5.74) is 8.07. The number of fused-ring (bicyclic) bond motifs is 2. The molecular formula is C24H32P2. The van der Waals surface area contributed by atoms with Crippen LogP contribution in [0.1, 0.15) is 75.1 Å². The standard InChI is InChI=1S/C24H32P2/c1-23(2,3)25-15-17-11-7-9-13-19(17)21(25)22-20-14-10-8-12-18(20)16-26(22)24(4,5)6/h7-14,21-22H,15-16H2,1-6H3/t21-,22-,25?,26?/m0/s1. The fourth-order valence-electron chi connectivity index (χ4n) is 4.82. The molecule has 2 heterocycles. The Morgan fingerprint density at radius 2 is 0.962 bits per heavy atom. The van der Waals surface area contributed by atoms with Gasteiger partial charge < -0.3 is 0 Å². The molecule has 4 atom stereocenters. The van der Waals surface area contributed by atoms with Gasteiger partial charge in [0.1, 0.15) is 0 Å². The summed E-state index contributed by atoms with van der Waals surface area (Å²) in [6, 6.07) is 18.7. The van der Waals surface area contributed by atoms with Crippen molar-refractivity contribution in [2.24, 2.45) is 0 Å². The second-order valence-electron chi connectivity index (χ2n) is 9.88. The van der Waals surface area contributed by atoms with Gasteiger partial charge in [-0.05, 0) is 44.9 Å². The van der Waals surface area contributed by atoms with E-state index < -0.39 is 0 Å². The van der Waals surface area contributed by atoms with Crippen LogP contribution in [0.5, 0.6) is 0 Å². The number of hydrogen-bond acceptors (Lipinski definition) is 0. The molecule has 2 aromatic carbocycles. The van der Waals surface area contributed by atoms with Crippen molar-refractivity contribution in [3.63, 3.8) is 0 Å². The number of rotatable bonds is 1. The summed E-state index contributed by atoms with van der Waals surface area (Å²) < 4.78 is 0. The molecule has 2 aliphatic rings.